The predicted molar refractivity (Wildman–Crippen MR) is 66.1 cm³/mol. The van der Waals surface area contributed by atoms with Gasteiger partial charge in [0.2, 0.25) is 5.91 Å². The van der Waals surface area contributed by atoms with Gasteiger partial charge < -0.3 is 4.90 Å². The van der Waals surface area contributed by atoms with Crippen molar-refractivity contribution in [3.63, 3.8) is 0 Å². The van der Waals surface area contributed by atoms with Gasteiger partial charge in [-0.25, -0.2) is 0 Å². The van der Waals surface area contributed by atoms with Gasteiger partial charge in [0.25, 0.3) is 0 Å². The molecule has 0 aromatic rings. The highest BCUT2D eigenvalue weighted by atomic mass is 16.2. The highest BCUT2D eigenvalue weighted by molar-refractivity contribution is 5.76. The number of rotatable bonds is 2. The van der Waals surface area contributed by atoms with Crippen molar-refractivity contribution in [1.29, 1.82) is 0 Å². The van der Waals surface area contributed by atoms with Gasteiger partial charge in [0.15, 0.2) is 0 Å². The lowest BCUT2D eigenvalue weighted by Crippen LogP contribution is -2.34. The predicted octanol–water partition coefficient (Wildman–Crippen LogP) is 3.14. The van der Waals surface area contributed by atoms with Gasteiger partial charge in [0, 0.05) is 19.5 Å². The van der Waals surface area contributed by atoms with E-state index >= 15 is 0 Å². The first-order valence-electron chi connectivity index (χ1n) is 6.81. The van der Waals surface area contributed by atoms with Crippen LogP contribution in [0.25, 0.3) is 0 Å². The molecule has 0 saturated carbocycles. The van der Waals surface area contributed by atoms with Crippen LogP contribution in [-0.2, 0) is 4.79 Å². The first kappa shape index (κ1) is 11.7. The standard InChI is InChI=1S/C14H23NO/c16-14(12-13-8-4-5-9-13)15-10-6-2-1-3-7-11-15/h4,8,13H,1-3,5-7,9-12H2. The lowest BCUT2D eigenvalue weighted by Gasteiger charge is -2.25. The maximum Gasteiger partial charge on any atom is 0.223 e. The molecule has 2 heteroatoms. The summed E-state index contributed by atoms with van der Waals surface area (Å²) in [6.07, 6.45) is 13.9. The number of carbonyl (C=O) groups is 1. The molecule has 0 spiro atoms. The summed E-state index contributed by atoms with van der Waals surface area (Å²) in [5.74, 6) is 0.913. The minimum atomic E-state index is 0.387. The normalized spacial score (nSPS) is 26.5. The molecule has 0 radical (unpaired) electrons. The first-order chi connectivity index (χ1) is 7.86. The highest BCUT2D eigenvalue weighted by Crippen LogP contribution is 2.22. The monoisotopic (exact) mass is 221 g/mol. The van der Waals surface area contributed by atoms with Crippen molar-refractivity contribution in [2.45, 2.75) is 51.4 Å². The number of hydrogen-bond acceptors (Lipinski definition) is 1. The molecule has 1 aliphatic carbocycles. The van der Waals surface area contributed by atoms with E-state index < -0.39 is 0 Å². The molecule has 2 rings (SSSR count). The van der Waals surface area contributed by atoms with Gasteiger partial charge in [-0.05, 0) is 31.6 Å². The van der Waals surface area contributed by atoms with Crippen molar-refractivity contribution in [2.75, 3.05) is 13.1 Å². The zero-order valence-corrected chi connectivity index (χ0v) is 10.2. The van der Waals surface area contributed by atoms with Crippen LogP contribution in [0.15, 0.2) is 12.2 Å². The molecule has 90 valence electrons. The molecule has 1 atom stereocenters. The van der Waals surface area contributed by atoms with E-state index in [0.717, 1.165) is 25.9 Å². The van der Waals surface area contributed by atoms with Crippen molar-refractivity contribution in [3.05, 3.63) is 12.2 Å². The van der Waals surface area contributed by atoms with Crippen LogP contribution in [0.4, 0.5) is 0 Å². The van der Waals surface area contributed by atoms with E-state index in [0.29, 0.717) is 11.8 Å². The van der Waals surface area contributed by atoms with Crippen molar-refractivity contribution >= 4 is 5.91 Å². The fourth-order valence-electron chi connectivity index (χ4n) is 2.72. The smallest absolute Gasteiger partial charge is 0.223 e. The summed E-state index contributed by atoms with van der Waals surface area (Å²) >= 11 is 0. The van der Waals surface area contributed by atoms with Crippen LogP contribution in [0, 0.1) is 5.92 Å². The molecule has 16 heavy (non-hydrogen) atoms. The van der Waals surface area contributed by atoms with Gasteiger partial charge in [0.1, 0.15) is 0 Å². The average Bonchev–Trinajstić information content (AvgIpc) is 2.69. The van der Waals surface area contributed by atoms with Crippen LogP contribution in [0.1, 0.15) is 51.4 Å². The van der Waals surface area contributed by atoms with Crippen molar-refractivity contribution in [1.82, 2.24) is 4.90 Å². The quantitative estimate of drug-likeness (QED) is 0.656. The number of nitrogens with zero attached hydrogens (tertiary/aromatic N) is 1. The second-order valence-electron chi connectivity index (χ2n) is 5.12. The fourth-order valence-corrected chi connectivity index (χ4v) is 2.72. The summed E-state index contributed by atoms with van der Waals surface area (Å²) < 4.78 is 0. The van der Waals surface area contributed by atoms with E-state index in [9.17, 15) is 4.79 Å². The maximum absolute atomic E-state index is 12.1. The van der Waals surface area contributed by atoms with E-state index in [1.54, 1.807) is 0 Å². The number of amides is 1. The number of allylic oxidation sites excluding steroid dienone is 2. The molecule has 2 nitrogen and oxygen atoms in total. The van der Waals surface area contributed by atoms with Gasteiger partial charge in [0.05, 0.1) is 0 Å². The van der Waals surface area contributed by atoms with Crippen molar-refractivity contribution in [3.8, 4) is 0 Å². The summed E-state index contributed by atoms with van der Waals surface area (Å²) in [6.45, 7) is 1.99. The largest absolute Gasteiger partial charge is 0.343 e. The number of hydrogen-bond donors (Lipinski definition) is 0. The minimum absolute atomic E-state index is 0.387. The molecule has 1 unspecified atom stereocenters. The minimum Gasteiger partial charge on any atom is -0.343 e. The Morgan fingerprint density at radius 2 is 1.81 bits per heavy atom. The molecule has 1 saturated heterocycles. The Balaban J connectivity index is 1.79. The average molecular weight is 221 g/mol. The van der Waals surface area contributed by atoms with Crippen molar-refractivity contribution in [2.24, 2.45) is 5.92 Å². The maximum atomic E-state index is 12.1. The molecular weight excluding hydrogens is 198 g/mol. The topological polar surface area (TPSA) is 20.3 Å². The summed E-state index contributed by atoms with van der Waals surface area (Å²) in [5.41, 5.74) is 0. The lowest BCUT2D eigenvalue weighted by molar-refractivity contribution is -0.132. The summed E-state index contributed by atoms with van der Waals surface area (Å²) in [7, 11) is 0. The van der Waals surface area contributed by atoms with Crippen LogP contribution >= 0.6 is 0 Å². The van der Waals surface area contributed by atoms with Crippen LogP contribution in [0.2, 0.25) is 0 Å². The SMILES string of the molecule is O=C(CC1C=CCC1)N1CCCCCCC1. The van der Waals surface area contributed by atoms with Gasteiger partial charge in [-0.2, -0.15) is 0 Å². The number of likely N-dealkylation sites (tertiary alicyclic amines) is 1. The zero-order valence-electron chi connectivity index (χ0n) is 10.2. The Labute approximate surface area is 98.7 Å². The highest BCUT2D eigenvalue weighted by Gasteiger charge is 2.19. The Morgan fingerprint density at radius 3 is 2.44 bits per heavy atom. The molecule has 0 aromatic heterocycles. The Morgan fingerprint density at radius 1 is 1.12 bits per heavy atom. The molecule has 2 aliphatic rings. The third kappa shape index (κ3) is 3.36. The molecule has 0 bridgehead atoms. The lowest BCUT2D eigenvalue weighted by atomic mass is 10.0. The summed E-state index contributed by atoms with van der Waals surface area (Å²) in [5, 5.41) is 0. The zero-order chi connectivity index (χ0) is 11.2. The number of carbonyl (C=O) groups excluding carboxylic acids is 1. The van der Waals surface area contributed by atoms with Gasteiger partial charge in [-0.3, -0.25) is 4.79 Å². The third-order valence-corrected chi connectivity index (χ3v) is 3.76. The van der Waals surface area contributed by atoms with E-state index in [-0.39, 0.29) is 0 Å². The molecule has 0 aromatic carbocycles. The second kappa shape index (κ2) is 6.07. The van der Waals surface area contributed by atoms with Gasteiger partial charge in [-0.15, -0.1) is 0 Å². The van der Waals surface area contributed by atoms with Crippen LogP contribution in [0.5, 0.6) is 0 Å². The van der Waals surface area contributed by atoms with Crippen LogP contribution in [-0.4, -0.2) is 23.9 Å². The molecule has 1 amide bonds. The Hall–Kier alpha value is -0.790. The third-order valence-electron chi connectivity index (χ3n) is 3.76. The molecule has 0 N–H and O–H groups in total. The Bertz CT molecular complexity index is 251. The molecular formula is C14H23NO. The van der Waals surface area contributed by atoms with Gasteiger partial charge in [-0.1, -0.05) is 31.4 Å². The fraction of sp³-hybridized carbons (Fsp3) is 0.786. The van der Waals surface area contributed by atoms with E-state index in [1.165, 1.54) is 38.5 Å². The second-order valence-corrected chi connectivity index (χ2v) is 5.12. The van der Waals surface area contributed by atoms with Crippen molar-refractivity contribution < 1.29 is 4.79 Å². The van der Waals surface area contributed by atoms with Crippen LogP contribution in [0.3, 0.4) is 0 Å². The first-order valence-corrected chi connectivity index (χ1v) is 6.81. The molecule has 1 aliphatic heterocycles. The summed E-state index contributed by atoms with van der Waals surface area (Å²) in [4.78, 5) is 14.2. The van der Waals surface area contributed by atoms with E-state index in [2.05, 4.69) is 17.1 Å². The Kier molecular flexibility index (Phi) is 4.44. The van der Waals surface area contributed by atoms with Crippen LogP contribution < -0.4 is 0 Å². The molecule has 1 heterocycles. The molecule has 1 fully saturated rings. The van der Waals surface area contributed by atoms with E-state index in [4.69, 9.17) is 0 Å². The van der Waals surface area contributed by atoms with Gasteiger partial charge >= 0.3 is 0 Å². The summed E-state index contributed by atoms with van der Waals surface area (Å²) in [6, 6.07) is 0. The van der Waals surface area contributed by atoms with E-state index in [1.807, 2.05) is 0 Å².